The minimum absolute atomic E-state index is 0.181. The third-order valence-electron chi connectivity index (χ3n) is 5.55. The first-order chi connectivity index (χ1) is 13.7. The minimum atomic E-state index is 0.181. The number of rotatable bonds is 4. The Kier molecular flexibility index (Phi) is 3.32. The molecule has 1 saturated carbocycles. The fourth-order valence-electron chi connectivity index (χ4n) is 3.95. The normalized spacial score (nSPS) is 16.3. The number of nitrogens with one attached hydrogen (secondary N) is 1. The first kappa shape index (κ1) is 15.8. The van der Waals surface area contributed by atoms with Gasteiger partial charge in [0, 0.05) is 30.4 Å². The maximum atomic E-state index is 6.06. The van der Waals surface area contributed by atoms with Crippen molar-refractivity contribution >= 4 is 33.8 Å². The first-order valence-corrected chi connectivity index (χ1v) is 9.82. The Balaban J connectivity index is 1.50. The van der Waals surface area contributed by atoms with Gasteiger partial charge < -0.3 is 24.8 Å². The summed E-state index contributed by atoms with van der Waals surface area (Å²) in [5, 5.41) is 3.55. The molecule has 2 aliphatic rings. The monoisotopic (exact) mass is 375 g/mol. The largest absolute Gasteiger partial charge is 0.491 e. The van der Waals surface area contributed by atoms with Gasteiger partial charge in [-0.2, -0.15) is 4.98 Å². The van der Waals surface area contributed by atoms with E-state index in [1.54, 1.807) is 0 Å². The summed E-state index contributed by atoms with van der Waals surface area (Å²) in [6.45, 7) is 2.59. The van der Waals surface area contributed by atoms with Gasteiger partial charge in [0.25, 0.3) is 6.01 Å². The SMILES string of the molecule is Nc1nc2ccc(-c3nc4cc(NCC5CC5)cc5c4n3CCCO5)cc2o1. The van der Waals surface area contributed by atoms with Crippen molar-refractivity contribution in [2.24, 2.45) is 5.92 Å². The second-order valence-corrected chi connectivity index (χ2v) is 7.69. The number of nitrogen functional groups attached to an aromatic ring is 1. The third kappa shape index (κ3) is 2.58. The average molecular weight is 375 g/mol. The van der Waals surface area contributed by atoms with Gasteiger partial charge in [-0.05, 0) is 49.4 Å². The maximum absolute atomic E-state index is 6.06. The third-order valence-corrected chi connectivity index (χ3v) is 5.55. The summed E-state index contributed by atoms with van der Waals surface area (Å²) in [4.78, 5) is 9.14. The molecule has 0 spiro atoms. The van der Waals surface area contributed by atoms with Crippen molar-refractivity contribution in [1.29, 1.82) is 0 Å². The molecule has 0 radical (unpaired) electrons. The molecule has 0 amide bonds. The lowest BCUT2D eigenvalue weighted by Crippen LogP contribution is -2.03. The number of anilines is 2. The van der Waals surface area contributed by atoms with Crippen molar-refractivity contribution in [3.05, 3.63) is 30.3 Å². The zero-order chi connectivity index (χ0) is 18.7. The van der Waals surface area contributed by atoms with Gasteiger partial charge >= 0.3 is 0 Å². The van der Waals surface area contributed by atoms with Crippen molar-refractivity contribution in [2.75, 3.05) is 24.2 Å². The van der Waals surface area contributed by atoms with E-state index in [4.69, 9.17) is 19.9 Å². The molecule has 3 N–H and O–H groups in total. The summed E-state index contributed by atoms with van der Waals surface area (Å²) in [5.41, 5.74) is 11.2. The van der Waals surface area contributed by atoms with Crippen molar-refractivity contribution < 1.29 is 9.15 Å². The average Bonchev–Trinajstić information content (AvgIpc) is 3.39. The predicted octanol–water partition coefficient (Wildman–Crippen LogP) is 4.03. The molecule has 0 bridgehead atoms. The molecular weight excluding hydrogens is 354 g/mol. The lowest BCUT2D eigenvalue weighted by molar-refractivity contribution is 0.316. The number of nitrogens with zero attached hydrogens (tertiary/aromatic N) is 3. The second-order valence-electron chi connectivity index (χ2n) is 7.69. The van der Waals surface area contributed by atoms with Crippen LogP contribution in [0.2, 0.25) is 0 Å². The summed E-state index contributed by atoms with van der Waals surface area (Å²) in [7, 11) is 0. The zero-order valence-corrected chi connectivity index (χ0v) is 15.4. The van der Waals surface area contributed by atoms with Crippen molar-refractivity contribution in [3.8, 4) is 17.1 Å². The number of ether oxygens (including phenoxy) is 1. The van der Waals surface area contributed by atoms with Crippen LogP contribution in [0, 0.1) is 5.92 Å². The molecule has 0 atom stereocenters. The summed E-state index contributed by atoms with van der Waals surface area (Å²) in [6, 6.07) is 10.3. The lowest BCUT2D eigenvalue weighted by atomic mass is 10.2. The highest BCUT2D eigenvalue weighted by Gasteiger charge is 2.23. The maximum Gasteiger partial charge on any atom is 0.292 e. The summed E-state index contributed by atoms with van der Waals surface area (Å²) >= 11 is 0. The van der Waals surface area contributed by atoms with E-state index in [0.717, 1.165) is 64.8 Å². The Morgan fingerprint density at radius 2 is 2.07 bits per heavy atom. The molecule has 2 aromatic carbocycles. The van der Waals surface area contributed by atoms with Crippen LogP contribution in [0.4, 0.5) is 11.7 Å². The highest BCUT2D eigenvalue weighted by atomic mass is 16.5. The van der Waals surface area contributed by atoms with Crippen LogP contribution >= 0.6 is 0 Å². The van der Waals surface area contributed by atoms with E-state index in [2.05, 4.69) is 27.0 Å². The first-order valence-electron chi connectivity index (χ1n) is 9.82. The van der Waals surface area contributed by atoms with E-state index in [1.165, 1.54) is 12.8 Å². The topological polar surface area (TPSA) is 91.1 Å². The molecule has 3 heterocycles. The number of aryl methyl sites for hydroxylation is 1. The Morgan fingerprint density at radius 1 is 1.14 bits per heavy atom. The fourth-order valence-corrected chi connectivity index (χ4v) is 3.95. The quantitative estimate of drug-likeness (QED) is 0.560. The molecule has 4 aromatic rings. The number of benzene rings is 2. The molecule has 142 valence electrons. The van der Waals surface area contributed by atoms with Gasteiger partial charge in [0.1, 0.15) is 22.6 Å². The molecule has 6 rings (SSSR count). The number of hydrogen-bond donors (Lipinski definition) is 2. The number of nitrogens with two attached hydrogens (primary N) is 1. The molecule has 1 fully saturated rings. The van der Waals surface area contributed by atoms with Crippen LogP contribution in [-0.2, 0) is 6.54 Å². The lowest BCUT2D eigenvalue weighted by Gasteiger charge is -2.10. The van der Waals surface area contributed by atoms with Crippen LogP contribution in [0.3, 0.4) is 0 Å². The molecule has 1 aliphatic carbocycles. The van der Waals surface area contributed by atoms with Gasteiger partial charge in [-0.1, -0.05) is 0 Å². The van der Waals surface area contributed by atoms with Crippen molar-refractivity contribution in [2.45, 2.75) is 25.8 Å². The Bertz CT molecular complexity index is 1200. The Labute approximate surface area is 161 Å². The number of fused-ring (bicyclic) bond motifs is 1. The molecule has 0 saturated heterocycles. The van der Waals surface area contributed by atoms with E-state index in [0.29, 0.717) is 12.2 Å². The highest BCUT2D eigenvalue weighted by Crippen LogP contribution is 2.37. The molecule has 28 heavy (non-hydrogen) atoms. The van der Waals surface area contributed by atoms with E-state index in [-0.39, 0.29) is 6.01 Å². The molecule has 0 unspecified atom stereocenters. The van der Waals surface area contributed by atoms with Crippen LogP contribution in [0.15, 0.2) is 34.7 Å². The van der Waals surface area contributed by atoms with E-state index < -0.39 is 0 Å². The van der Waals surface area contributed by atoms with Crippen molar-refractivity contribution in [3.63, 3.8) is 0 Å². The molecule has 7 heteroatoms. The van der Waals surface area contributed by atoms with E-state index in [1.807, 2.05) is 18.2 Å². The van der Waals surface area contributed by atoms with Gasteiger partial charge in [-0.3, -0.25) is 0 Å². The van der Waals surface area contributed by atoms with Crippen LogP contribution < -0.4 is 15.8 Å². The van der Waals surface area contributed by atoms with Gasteiger partial charge in [-0.15, -0.1) is 0 Å². The number of oxazole rings is 1. The Hall–Kier alpha value is -3.22. The van der Waals surface area contributed by atoms with Gasteiger partial charge in [0.15, 0.2) is 5.58 Å². The highest BCUT2D eigenvalue weighted by molar-refractivity contribution is 5.90. The second kappa shape index (κ2) is 5.89. The standard InChI is InChI=1S/C21H21N5O2/c22-21-25-15-5-4-13(8-17(15)28-21)20-24-16-9-14(23-11-12-2-3-12)10-18-19(16)26(20)6-1-7-27-18/h4-5,8-10,12,23H,1-3,6-7,11H2,(H2,22,25). The molecular formula is C21H21N5O2. The number of aromatic nitrogens is 3. The van der Waals surface area contributed by atoms with Gasteiger partial charge in [-0.25, -0.2) is 4.98 Å². The smallest absolute Gasteiger partial charge is 0.292 e. The molecule has 2 aromatic heterocycles. The number of imidazole rings is 1. The predicted molar refractivity (Wildman–Crippen MR) is 108 cm³/mol. The summed E-state index contributed by atoms with van der Waals surface area (Å²) < 4.78 is 13.8. The van der Waals surface area contributed by atoms with E-state index in [9.17, 15) is 0 Å². The van der Waals surface area contributed by atoms with Crippen molar-refractivity contribution in [1.82, 2.24) is 14.5 Å². The molecule has 1 aliphatic heterocycles. The summed E-state index contributed by atoms with van der Waals surface area (Å²) in [5.74, 6) is 2.62. The van der Waals surface area contributed by atoms with Crippen LogP contribution in [-0.4, -0.2) is 27.7 Å². The minimum Gasteiger partial charge on any atom is -0.491 e. The molecule has 7 nitrogen and oxygen atoms in total. The van der Waals surface area contributed by atoms with Crippen LogP contribution in [0.5, 0.6) is 5.75 Å². The zero-order valence-electron chi connectivity index (χ0n) is 15.4. The van der Waals surface area contributed by atoms with Crippen LogP contribution in [0.25, 0.3) is 33.5 Å². The van der Waals surface area contributed by atoms with Gasteiger partial charge in [0.2, 0.25) is 0 Å². The van der Waals surface area contributed by atoms with Gasteiger partial charge in [0.05, 0.1) is 12.1 Å². The van der Waals surface area contributed by atoms with Crippen LogP contribution in [0.1, 0.15) is 19.3 Å². The van der Waals surface area contributed by atoms with E-state index >= 15 is 0 Å². The number of hydrogen-bond acceptors (Lipinski definition) is 6. The Morgan fingerprint density at radius 3 is 2.96 bits per heavy atom. The fraction of sp³-hybridized carbons (Fsp3) is 0.333. The summed E-state index contributed by atoms with van der Waals surface area (Å²) in [6.07, 6.45) is 3.59.